The third-order valence-corrected chi connectivity index (χ3v) is 2.47. The molecule has 0 fully saturated rings. The summed E-state index contributed by atoms with van der Waals surface area (Å²) in [5.41, 5.74) is 0.938. The van der Waals surface area contributed by atoms with E-state index in [1.807, 2.05) is 30.3 Å². The lowest BCUT2D eigenvalue weighted by Gasteiger charge is -2.14. The van der Waals surface area contributed by atoms with Gasteiger partial charge in [0.1, 0.15) is 6.10 Å². The number of carbonyl (C=O) groups is 2. The summed E-state index contributed by atoms with van der Waals surface area (Å²) in [6.07, 6.45) is -2.33. The van der Waals surface area contributed by atoms with Crippen molar-refractivity contribution in [1.29, 1.82) is 0 Å². The van der Waals surface area contributed by atoms with E-state index in [2.05, 4.69) is 5.32 Å². The molecule has 19 heavy (non-hydrogen) atoms. The van der Waals surface area contributed by atoms with Crippen molar-refractivity contribution < 1.29 is 24.5 Å². The predicted octanol–water partition coefficient (Wildman–Crippen LogP) is 0.153. The van der Waals surface area contributed by atoms with Crippen LogP contribution in [-0.2, 0) is 20.9 Å². The highest BCUT2D eigenvalue weighted by molar-refractivity contribution is 5.81. The molecule has 0 aromatic heterocycles. The Kier molecular flexibility index (Phi) is 5.98. The van der Waals surface area contributed by atoms with Crippen LogP contribution in [-0.4, -0.2) is 40.8 Å². The van der Waals surface area contributed by atoms with Gasteiger partial charge in [0.15, 0.2) is 6.10 Å². The van der Waals surface area contributed by atoms with Gasteiger partial charge in [0.2, 0.25) is 5.91 Å². The van der Waals surface area contributed by atoms with Gasteiger partial charge >= 0.3 is 5.97 Å². The fourth-order valence-corrected chi connectivity index (χ4v) is 1.30. The van der Waals surface area contributed by atoms with Crippen LogP contribution >= 0.6 is 0 Å². The maximum absolute atomic E-state index is 11.6. The molecule has 6 nitrogen and oxygen atoms in total. The monoisotopic (exact) mass is 267 g/mol. The van der Waals surface area contributed by atoms with Gasteiger partial charge in [-0.2, -0.15) is 0 Å². The van der Waals surface area contributed by atoms with Crippen LogP contribution in [0.5, 0.6) is 0 Å². The third kappa shape index (κ3) is 5.50. The van der Waals surface area contributed by atoms with Crippen LogP contribution in [0.3, 0.4) is 0 Å². The first-order valence-electron chi connectivity index (χ1n) is 5.85. The third-order valence-electron chi connectivity index (χ3n) is 2.47. The molecule has 1 amide bonds. The summed E-state index contributed by atoms with van der Waals surface area (Å²) in [4.78, 5) is 21.9. The Hall–Kier alpha value is -1.92. The Labute approximate surface area is 111 Å². The lowest BCUT2D eigenvalue weighted by Crippen LogP contribution is -2.41. The number of carbonyl (C=O) groups excluding carboxylic acids is 1. The van der Waals surface area contributed by atoms with Gasteiger partial charge in [-0.05, 0) is 12.5 Å². The number of rotatable bonds is 7. The van der Waals surface area contributed by atoms with E-state index < -0.39 is 24.1 Å². The smallest absolute Gasteiger partial charge is 0.334 e. The van der Waals surface area contributed by atoms with E-state index in [0.29, 0.717) is 0 Å². The van der Waals surface area contributed by atoms with Gasteiger partial charge in [-0.3, -0.25) is 4.79 Å². The molecule has 104 valence electrons. The molecule has 1 aromatic carbocycles. The second kappa shape index (κ2) is 7.50. The summed E-state index contributed by atoms with van der Waals surface area (Å²) in [6, 6.07) is 9.36. The SMILES string of the molecule is CC(OCc1ccccc1)C(=O)NCC(O)C(=O)O. The van der Waals surface area contributed by atoms with Crippen molar-refractivity contribution in [3.63, 3.8) is 0 Å². The number of aliphatic hydroxyl groups excluding tert-OH is 1. The summed E-state index contributed by atoms with van der Waals surface area (Å²) in [6.45, 7) is 1.51. The zero-order valence-corrected chi connectivity index (χ0v) is 10.6. The molecule has 0 radical (unpaired) electrons. The van der Waals surface area contributed by atoms with E-state index in [4.69, 9.17) is 14.9 Å². The van der Waals surface area contributed by atoms with Crippen molar-refractivity contribution in [1.82, 2.24) is 5.32 Å². The van der Waals surface area contributed by atoms with Crippen molar-refractivity contribution in [2.75, 3.05) is 6.54 Å². The number of ether oxygens (including phenoxy) is 1. The molecule has 0 aliphatic carbocycles. The second-order valence-corrected chi connectivity index (χ2v) is 4.04. The molecular formula is C13H17NO5. The standard InChI is InChI=1S/C13H17NO5/c1-9(12(16)14-7-11(15)13(17)18)19-8-10-5-3-2-4-6-10/h2-6,9,11,15H,7-8H2,1H3,(H,14,16)(H,17,18). The average Bonchev–Trinajstić information content (AvgIpc) is 2.42. The molecule has 0 bridgehead atoms. The van der Waals surface area contributed by atoms with E-state index >= 15 is 0 Å². The van der Waals surface area contributed by atoms with E-state index in [-0.39, 0.29) is 13.2 Å². The zero-order chi connectivity index (χ0) is 14.3. The molecule has 0 aliphatic rings. The first-order chi connectivity index (χ1) is 9.00. The van der Waals surface area contributed by atoms with Crippen molar-refractivity contribution in [3.05, 3.63) is 35.9 Å². The molecule has 0 saturated carbocycles. The van der Waals surface area contributed by atoms with E-state index in [1.165, 1.54) is 0 Å². The Morgan fingerprint density at radius 1 is 1.32 bits per heavy atom. The molecule has 0 spiro atoms. The van der Waals surface area contributed by atoms with Crippen LogP contribution in [0.1, 0.15) is 12.5 Å². The van der Waals surface area contributed by atoms with Gasteiger partial charge < -0.3 is 20.3 Å². The Bertz CT molecular complexity index is 420. The highest BCUT2D eigenvalue weighted by Gasteiger charge is 2.17. The van der Waals surface area contributed by atoms with E-state index in [9.17, 15) is 9.59 Å². The Morgan fingerprint density at radius 2 is 1.95 bits per heavy atom. The van der Waals surface area contributed by atoms with Crippen LogP contribution in [0, 0.1) is 0 Å². The number of aliphatic carboxylic acids is 1. The number of carboxylic acid groups (broad SMARTS) is 1. The normalized spacial score (nSPS) is 13.6. The number of hydrogen-bond acceptors (Lipinski definition) is 4. The van der Waals surface area contributed by atoms with Crippen molar-refractivity contribution >= 4 is 11.9 Å². The zero-order valence-electron chi connectivity index (χ0n) is 10.6. The number of nitrogens with one attached hydrogen (secondary N) is 1. The van der Waals surface area contributed by atoms with Crippen LogP contribution < -0.4 is 5.32 Å². The average molecular weight is 267 g/mol. The Balaban J connectivity index is 2.31. The number of hydrogen-bond donors (Lipinski definition) is 3. The quantitative estimate of drug-likeness (QED) is 0.653. The maximum atomic E-state index is 11.6. The van der Waals surface area contributed by atoms with Gasteiger partial charge in [-0.25, -0.2) is 4.79 Å². The highest BCUT2D eigenvalue weighted by atomic mass is 16.5. The van der Waals surface area contributed by atoms with Crippen LogP contribution in [0.4, 0.5) is 0 Å². The molecular weight excluding hydrogens is 250 g/mol. The number of carboxylic acids is 1. The number of benzene rings is 1. The molecule has 2 unspecified atom stereocenters. The van der Waals surface area contributed by atoms with E-state index in [1.54, 1.807) is 6.92 Å². The molecule has 1 aromatic rings. The summed E-state index contributed by atoms with van der Waals surface area (Å²) in [5.74, 6) is -1.84. The molecule has 6 heteroatoms. The fraction of sp³-hybridized carbons (Fsp3) is 0.385. The molecule has 0 saturated heterocycles. The van der Waals surface area contributed by atoms with Gasteiger partial charge in [0.25, 0.3) is 0 Å². The number of aliphatic hydroxyl groups is 1. The van der Waals surface area contributed by atoms with Crippen molar-refractivity contribution in [2.45, 2.75) is 25.7 Å². The minimum Gasteiger partial charge on any atom is -0.479 e. The predicted molar refractivity (Wildman–Crippen MR) is 67.3 cm³/mol. The summed E-state index contributed by atoms with van der Waals surface area (Å²) in [5, 5.41) is 19.8. The van der Waals surface area contributed by atoms with Crippen molar-refractivity contribution in [2.24, 2.45) is 0 Å². The lowest BCUT2D eigenvalue weighted by molar-refractivity contribution is -0.146. The van der Waals surface area contributed by atoms with Crippen LogP contribution in [0.2, 0.25) is 0 Å². The topological polar surface area (TPSA) is 95.9 Å². The summed E-state index contributed by atoms with van der Waals surface area (Å²) in [7, 11) is 0. The lowest BCUT2D eigenvalue weighted by atomic mass is 10.2. The summed E-state index contributed by atoms with van der Waals surface area (Å²) >= 11 is 0. The highest BCUT2D eigenvalue weighted by Crippen LogP contribution is 2.03. The molecule has 3 N–H and O–H groups in total. The minimum absolute atomic E-state index is 0.289. The maximum Gasteiger partial charge on any atom is 0.334 e. The van der Waals surface area contributed by atoms with Gasteiger partial charge in [-0.15, -0.1) is 0 Å². The largest absolute Gasteiger partial charge is 0.479 e. The van der Waals surface area contributed by atoms with Gasteiger partial charge in [0, 0.05) is 0 Å². The van der Waals surface area contributed by atoms with Gasteiger partial charge in [0.05, 0.1) is 13.2 Å². The van der Waals surface area contributed by atoms with Crippen LogP contribution in [0.15, 0.2) is 30.3 Å². The molecule has 0 heterocycles. The van der Waals surface area contributed by atoms with E-state index in [0.717, 1.165) is 5.56 Å². The van der Waals surface area contributed by atoms with Crippen molar-refractivity contribution in [3.8, 4) is 0 Å². The first-order valence-corrected chi connectivity index (χ1v) is 5.85. The first kappa shape index (κ1) is 15.1. The number of amides is 1. The molecule has 1 rings (SSSR count). The van der Waals surface area contributed by atoms with Gasteiger partial charge in [-0.1, -0.05) is 30.3 Å². The molecule has 2 atom stereocenters. The minimum atomic E-state index is -1.61. The fourth-order valence-electron chi connectivity index (χ4n) is 1.30. The summed E-state index contributed by atoms with van der Waals surface area (Å²) < 4.78 is 5.34. The van der Waals surface area contributed by atoms with Crippen LogP contribution in [0.25, 0.3) is 0 Å². The molecule has 0 aliphatic heterocycles. The Morgan fingerprint density at radius 3 is 2.53 bits per heavy atom. The second-order valence-electron chi connectivity index (χ2n) is 4.04.